The van der Waals surface area contributed by atoms with E-state index in [-0.39, 0.29) is 5.95 Å². The van der Waals surface area contributed by atoms with Gasteiger partial charge in [-0.3, -0.25) is 0 Å². The molecule has 0 radical (unpaired) electrons. The quantitative estimate of drug-likeness (QED) is 0.629. The first kappa shape index (κ1) is 9.64. The van der Waals surface area contributed by atoms with Gasteiger partial charge in [-0.1, -0.05) is 0 Å². The minimum atomic E-state index is -0.762. The summed E-state index contributed by atoms with van der Waals surface area (Å²) in [6.45, 7) is 5.28. The van der Waals surface area contributed by atoms with Crippen LogP contribution in [0.25, 0.3) is 0 Å². The molecular formula is C9H12O4. The van der Waals surface area contributed by atoms with Crippen molar-refractivity contribution >= 4 is 6.16 Å². The fourth-order valence-electron chi connectivity index (χ4n) is 0.675. The monoisotopic (exact) mass is 184 g/mol. The van der Waals surface area contributed by atoms with Crippen LogP contribution in [0.4, 0.5) is 4.79 Å². The van der Waals surface area contributed by atoms with Crippen LogP contribution in [-0.4, -0.2) is 11.8 Å². The molecule has 0 aromatic carbocycles. The molecule has 4 nitrogen and oxygen atoms in total. The molecule has 0 unspecified atom stereocenters. The molecule has 0 saturated heterocycles. The van der Waals surface area contributed by atoms with Gasteiger partial charge in [-0.25, -0.2) is 4.79 Å². The second-order valence-electron chi connectivity index (χ2n) is 3.50. The van der Waals surface area contributed by atoms with E-state index < -0.39 is 11.8 Å². The third-order valence-electron chi connectivity index (χ3n) is 1.07. The molecule has 0 aliphatic rings. The highest BCUT2D eigenvalue weighted by atomic mass is 16.8. The second kappa shape index (κ2) is 3.51. The first-order valence-electron chi connectivity index (χ1n) is 3.92. The van der Waals surface area contributed by atoms with Gasteiger partial charge in [-0.05, 0) is 26.8 Å². The van der Waals surface area contributed by atoms with Gasteiger partial charge in [0.05, 0.1) is 6.26 Å². The van der Waals surface area contributed by atoms with Crippen molar-refractivity contribution in [2.75, 3.05) is 0 Å². The minimum Gasteiger partial charge on any atom is -0.434 e. The van der Waals surface area contributed by atoms with Crippen LogP contribution in [0.1, 0.15) is 20.8 Å². The highest BCUT2D eigenvalue weighted by Gasteiger charge is 2.18. The van der Waals surface area contributed by atoms with Gasteiger partial charge in [-0.15, -0.1) is 0 Å². The van der Waals surface area contributed by atoms with Gasteiger partial charge in [-0.2, -0.15) is 0 Å². The lowest BCUT2D eigenvalue weighted by Gasteiger charge is -2.17. The van der Waals surface area contributed by atoms with E-state index in [1.165, 1.54) is 12.3 Å². The summed E-state index contributed by atoms with van der Waals surface area (Å²) in [7, 11) is 0. The maximum absolute atomic E-state index is 11.0. The van der Waals surface area contributed by atoms with Crippen molar-refractivity contribution in [1.82, 2.24) is 0 Å². The molecule has 0 amide bonds. The Morgan fingerprint density at radius 2 is 2.15 bits per heavy atom. The van der Waals surface area contributed by atoms with E-state index in [2.05, 4.69) is 0 Å². The molecular weight excluding hydrogens is 172 g/mol. The largest absolute Gasteiger partial charge is 0.516 e. The molecule has 0 atom stereocenters. The predicted molar refractivity (Wildman–Crippen MR) is 45.6 cm³/mol. The summed E-state index contributed by atoms with van der Waals surface area (Å²) in [6.07, 6.45) is 0.655. The van der Waals surface area contributed by atoms with Gasteiger partial charge < -0.3 is 13.9 Å². The van der Waals surface area contributed by atoms with Crippen LogP contribution in [0.15, 0.2) is 22.8 Å². The van der Waals surface area contributed by atoms with Crippen molar-refractivity contribution in [1.29, 1.82) is 0 Å². The molecule has 0 aliphatic carbocycles. The van der Waals surface area contributed by atoms with Gasteiger partial charge in [0.1, 0.15) is 5.60 Å². The number of hydrogen-bond donors (Lipinski definition) is 0. The van der Waals surface area contributed by atoms with Crippen molar-refractivity contribution in [2.24, 2.45) is 0 Å². The van der Waals surface area contributed by atoms with E-state index in [1.807, 2.05) is 0 Å². The number of furan rings is 1. The highest BCUT2D eigenvalue weighted by Crippen LogP contribution is 2.13. The Labute approximate surface area is 76.4 Å². The zero-order chi connectivity index (χ0) is 9.90. The molecule has 0 fully saturated rings. The zero-order valence-corrected chi connectivity index (χ0v) is 7.87. The Balaban J connectivity index is 2.43. The van der Waals surface area contributed by atoms with E-state index in [9.17, 15) is 4.79 Å². The molecule has 4 heteroatoms. The van der Waals surface area contributed by atoms with Crippen LogP contribution in [0.2, 0.25) is 0 Å². The number of ether oxygens (including phenoxy) is 2. The SMILES string of the molecule is CC(C)(C)OC(=O)Oc1ccco1. The zero-order valence-electron chi connectivity index (χ0n) is 7.87. The molecule has 0 spiro atoms. The van der Waals surface area contributed by atoms with E-state index in [0.29, 0.717) is 0 Å². The molecule has 0 bridgehead atoms. The van der Waals surface area contributed by atoms with Gasteiger partial charge in [0.25, 0.3) is 5.95 Å². The third kappa shape index (κ3) is 3.64. The molecule has 13 heavy (non-hydrogen) atoms. The van der Waals surface area contributed by atoms with Crippen molar-refractivity contribution in [3.05, 3.63) is 18.4 Å². The van der Waals surface area contributed by atoms with Gasteiger partial charge >= 0.3 is 6.16 Å². The van der Waals surface area contributed by atoms with E-state index in [4.69, 9.17) is 13.9 Å². The third-order valence-corrected chi connectivity index (χ3v) is 1.07. The summed E-state index contributed by atoms with van der Waals surface area (Å²) in [6, 6.07) is 3.16. The summed E-state index contributed by atoms with van der Waals surface area (Å²) in [5.74, 6) is 0.134. The Morgan fingerprint density at radius 3 is 2.62 bits per heavy atom. The van der Waals surface area contributed by atoms with Gasteiger partial charge in [0.2, 0.25) is 0 Å². The standard InChI is InChI=1S/C9H12O4/c1-9(2,3)13-8(10)12-7-5-4-6-11-7/h4-6H,1-3H3. The first-order chi connectivity index (χ1) is 5.97. The summed E-state index contributed by atoms with van der Waals surface area (Å²) < 4.78 is 14.4. The lowest BCUT2D eigenvalue weighted by Crippen LogP contribution is -2.25. The number of carbonyl (C=O) groups excluding carboxylic acids is 1. The van der Waals surface area contributed by atoms with Crippen molar-refractivity contribution in [3.8, 4) is 5.95 Å². The molecule has 0 aliphatic heterocycles. The molecule has 1 aromatic rings. The van der Waals surface area contributed by atoms with E-state index in [0.717, 1.165) is 0 Å². The van der Waals surface area contributed by atoms with Crippen molar-refractivity contribution in [2.45, 2.75) is 26.4 Å². The summed E-state index contributed by atoms with van der Waals surface area (Å²) in [5.41, 5.74) is -0.552. The Bertz CT molecular complexity index is 268. The van der Waals surface area contributed by atoms with Gasteiger partial charge in [0, 0.05) is 6.07 Å². The van der Waals surface area contributed by atoms with Crippen LogP contribution in [0.5, 0.6) is 5.95 Å². The fourth-order valence-corrected chi connectivity index (χ4v) is 0.675. The lowest BCUT2D eigenvalue weighted by molar-refractivity contribution is 0.0159. The maximum Gasteiger partial charge on any atom is 0.516 e. The topological polar surface area (TPSA) is 48.7 Å². The number of rotatable bonds is 1. The predicted octanol–water partition coefficient (Wildman–Crippen LogP) is 2.59. The minimum absolute atomic E-state index is 0.134. The van der Waals surface area contributed by atoms with Crippen molar-refractivity contribution < 1.29 is 18.7 Å². The molecule has 1 rings (SSSR count). The summed E-state index contributed by atoms with van der Waals surface area (Å²) in [4.78, 5) is 11.0. The fraction of sp³-hybridized carbons (Fsp3) is 0.444. The molecule has 1 heterocycles. The normalized spacial score (nSPS) is 11.0. The maximum atomic E-state index is 11.0. The Morgan fingerprint density at radius 1 is 1.46 bits per heavy atom. The molecule has 0 saturated carbocycles. The smallest absolute Gasteiger partial charge is 0.434 e. The van der Waals surface area contributed by atoms with Crippen LogP contribution in [0.3, 0.4) is 0 Å². The summed E-state index contributed by atoms with van der Waals surface area (Å²) >= 11 is 0. The lowest BCUT2D eigenvalue weighted by atomic mass is 10.2. The average Bonchev–Trinajstić information content (AvgIpc) is 2.34. The Kier molecular flexibility index (Phi) is 2.60. The van der Waals surface area contributed by atoms with Crippen LogP contribution in [-0.2, 0) is 4.74 Å². The molecule has 1 aromatic heterocycles. The molecule has 0 N–H and O–H groups in total. The number of carbonyl (C=O) groups is 1. The second-order valence-corrected chi connectivity index (χ2v) is 3.50. The van der Waals surface area contributed by atoms with Crippen LogP contribution >= 0.6 is 0 Å². The van der Waals surface area contributed by atoms with Crippen molar-refractivity contribution in [3.63, 3.8) is 0 Å². The highest BCUT2D eigenvalue weighted by molar-refractivity contribution is 5.63. The van der Waals surface area contributed by atoms with Gasteiger partial charge in [0.15, 0.2) is 0 Å². The Hall–Kier alpha value is -1.45. The first-order valence-corrected chi connectivity index (χ1v) is 3.92. The summed E-state index contributed by atoms with van der Waals surface area (Å²) in [5, 5.41) is 0. The van der Waals surface area contributed by atoms with Crippen LogP contribution < -0.4 is 4.74 Å². The van der Waals surface area contributed by atoms with E-state index >= 15 is 0 Å². The molecule has 72 valence electrons. The average molecular weight is 184 g/mol. The number of hydrogen-bond acceptors (Lipinski definition) is 4. The van der Waals surface area contributed by atoms with Crippen LogP contribution in [0, 0.1) is 0 Å². The van der Waals surface area contributed by atoms with E-state index in [1.54, 1.807) is 26.8 Å².